The van der Waals surface area contributed by atoms with Crippen LogP contribution in [0.15, 0.2) is 24.3 Å². The van der Waals surface area contributed by atoms with E-state index in [0.29, 0.717) is 17.7 Å². The van der Waals surface area contributed by atoms with Crippen LogP contribution in [0.25, 0.3) is 0 Å². The van der Waals surface area contributed by atoms with Crippen LogP contribution in [-0.2, 0) is 0 Å². The molecule has 19 heavy (non-hydrogen) atoms. The number of hydrogen-bond donors (Lipinski definition) is 2. The molecule has 1 aromatic carbocycles. The summed E-state index contributed by atoms with van der Waals surface area (Å²) >= 11 is 0. The van der Waals surface area contributed by atoms with E-state index in [1.165, 1.54) is 0 Å². The first-order valence-corrected chi connectivity index (χ1v) is 6.50. The number of carbonyl (C=O) groups is 1. The van der Waals surface area contributed by atoms with Crippen LogP contribution in [0.4, 0.5) is 0 Å². The molecule has 1 aromatic rings. The third kappa shape index (κ3) is 3.80. The third-order valence-electron chi connectivity index (χ3n) is 3.74. The molecule has 0 aliphatic rings. The summed E-state index contributed by atoms with van der Waals surface area (Å²) in [6.07, 6.45) is 1.63. The molecule has 0 atom stereocenters. The van der Waals surface area contributed by atoms with Crippen molar-refractivity contribution >= 4 is 5.91 Å². The molecule has 4 nitrogen and oxygen atoms in total. The van der Waals surface area contributed by atoms with Gasteiger partial charge in [0.1, 0.15) is 0 Å². The fourth-order valence-corrected chi connectivity index (χ4v) is 1.85. The molecule has 0 aliphatic heterocycles. The lowest BCUT2D eigenvalue weighted by Crippen LogP contribution is -2.39. The van der Waals surface area contributed by atoms with Crippen molar-refractivity contribution in [2.24, 2.45) is 5.41 Å². The summed E-state index contributed by atoms with van der Waals surface area (Å²) in [4.78, 5) is 12.0. The van der Waals surface area contributed by atoms with E-state index < -0.39 is 0 Å². The van der Waals surface area contributed by atoms with Crippen molar-refractivity contribution in [1.29, 1.82) is 5.26 Å². The van der Waals surface area contributed by atoms with Crippen LogP contribution in [0.5, 0.6) is 0 Å². The van der Waals surface area contributed by atoms with Crippen LogP contribution in [0, 0.1) is 16.7 Å². The van der Waals surface area contributed by atoms with E-state index in [0.717, 1.165) is 12.8 Å². The Morgan fingerprint density at radius 2 is 1.89 bits per heavy atom. The molecule has 2 N–H and O–H groups in total. The van der Waals surface area contributed by atoms with Gasteiger partial charge in [-0.1, -0.05) is 13.8 Å². The standard InChI is InChI=1S/C15H20N2O2/c1-3-15(4-2,11-18)10-17-14(19)13-7-5-12(9-16)6-8-13/h5-8,18H,3-4,10-11H2,1-2H3,(H,17,19). The Balaban J connectivity index is 2.67. The number of carbonyl (C=O) groups excluding carboxylic acids is 1. The zero-order valence-corrected chi connectivity index (χ0v) is 11.4. The van der Waals surface area contributed by atoms with Crippen LogP contribution in [0.2, 0.25) is 0 Å². The quantitative estimate of drug-likeness (QED) is 0.822. The van der Waals surface area contributed by atoms with Gasteiger partial charge in [0.2, 0.25) is 0 Å². The van der Waals surface area contributed by atoms with Crippen LogP contribution in [0.3, 0.4) is 0 Å². The number of aliphatic hydroxyl groups is 1. The van der Waals surface area contributed by atoms with E-state index in [-0.39, 0.29) is 17.9 Å². The molecule has 0 saturated heterocycles. The van der Waals surface area contributed by atoms with Crippen LogP contribution in [0.1, 0.15) is 42.6 Å². The minimum Gasteiger partial charge on any atom is -0.396 e. The van der Waals surface area contributed by atoms with Gasteiger partial charge in [0.25, 0.3) is 5.91 Å². The molecule has 1 amide bonds. The van der Waals surface area contributed by atoms with Gasteiger partial charge >= 0.3 is 0 Å². The zero-order valence-electron chi connectivity index (χ0n) is 11.4. The van der Waals surface area contributed by atoms with Gasteiger partial charge in [0.15, 0.2) is 0 Å². The number of benzene rings is 1. The Kier molecular flexibility index (Phi) is 5.53. The third-order valence-corrected chi connectivity index (χ3v) is 3.74. The number of rotatable bonds is 6. The second kappa shape index (κ2) is 6.91. The molecule has 0 aliphatic carbocycles. The Hall–Kier alpha value is -1.86. The first-order valence-electron chi connectivity index (χ1n) is 6.50. The summed E-state index contributed by atoms with van der Waals surface area (Å²) in [6.45, 7) is 4.53. The maximum absolute atomic E-state index is 12.0. The number of amides is 1. The first-order chi connectivity index (χ1) is 9.10. The van der Waals surface area contributed by atoms with Gasteiger partial charge in [-0.25, -0.2) is 0 Å². The highest BCUT2D eigenvalue weighted by molar-refractivity contribution is 5.94. The largest absolute Gasteiger partial charge is 0.396 e. The summed E-state index contributed by atoms with van der Waals surface area (Å²) in [6, 6.07) is 8.51. The molecule has 1 rings (SSSR count). The number of nitrogens with zero attached hydrogens (tertiary/aromatic N) is 1. The van der Waals surface area contributed by atoms with Crippen molar-refractivity contribution in [3.8, 4) is 6.07 Å². The average Bonchev–Trinajstić information content (AvgIpc) is 2.49. The zero-order chi connectivity index (χ0) is 14.3. The first kappa shape index (κ1) is 15.2. The SMILES string of the molecule is CCC(CC)(CO)CNC(=O)c1ccc(C#N)cc1. The van der Waals surface area contributed by atoms with Gasteiger partial charge in [0.05, 0.1) is 18.2 Å². The summed E-state index contributed by atoms with van der Waals surface area (Å²) in [5, 5.41) is 21.0. The second-order valence-electron chi connectivity index (χ2n) is 4.74. The number of nitriles is 1. The van der Waals surface area contributed by atoms with E-state index in [9.17, 15) is 9.90 Å². The van der Waals surface area contributed by atoms with Crippen molar-refractivity contribution in [3.05, 3.63) is 35.4 Å². The Labute approximate surface area is 114 Å². The van der Waals surface area contributed by atoms with E-state index in [4.69, 9.17) is 5.26 Å². The predicted octanol–water partition coefficient (Wildman–Crippen LogP) is 2.09. The van der Waals surface area contributed by atoms with E-state index >= 15 is 0 Å². The number of aliphatic hydroxyl groups excluding tert-OH is 1. The molecule has 4 heteroatoms. The molecule has 0 radical (unpaired) electrons. The Morgan fingerprint density at radius 3 is 2.32 bits per heavy atom. The van der Waals surface area contributed by atoms with Crippen molar-refractivity contribution < 1.29 is 9.90 Å². The Bertz CT molecular complexity index is 448. The molecule has 0 bridgehead atoms. The highest BCUT2D eigenvalue weighted by atomic mass is 16.3. The van der Waals surface area contributed by atoms with Crippen LogP contribution in [-0.4, -0.2) is 24.2 Å². The van der Waals surface area contributed by atoms with Gasteiger partial charge in [-0.3, -0.25) is 4.79 Å². The molecule has 0 aromatic heterocycles. The summed E-state index contributed by atoms with van der Waals surface area (Å²) < 4.78 is 0. The smallest absolute Gasteiger partial charge is 0.251 e. The second-order valence-corrected chi connectivity index (χ2v) is 4.74. The fourth-order valence-electron chi connectivity index (χ4n) is 1.85. The minimum atomic E-state index is -0.248. The van der Waals surface area contributed by atoms with Crippen LogP contribution >= 0.6 is 0 Å². The van der Waals surface area contributed by atoms with Crippen LogP contribution < -0.4 is 5.32 Å². The minimum absolute atomic E-state index is 0.0631. The molecular weight excluding hydrogens is 240 g/mol. The van der Waals surface area contributed by atoms with E-state index in [2.05, 4.69) is 5.32 Å². The van der Waals surface area contributed by atoms with Gasteiger partial charge < -0.3 is 10.4 Å². The van der Waals surface area contributed by atoms with Gasteiger partial charge in [-0.15, -0.1) is 0 Å². The monoisotopic (exact) mass is 260 g/mol. The molecule has 102 valence electrons. The lowest BCUT2D eigenvalue weighted by Gasteiger charge is -2.29. The van der Waals surface area contributed by atoms with Crippen molar-refractivity contribution in [1.82, 2.24) is 5.32 Å². The average molecular weight is 260 g/mol. The highest BCUT2D eigenvalue weighted by Gasteiger charge is 2.25. The van der Waals surface area contributed by atoms with Crippen molar-refractivity contribution in [2.45, 2.75) is 26.7 Å². The number of hydrogen-bond acceptors (Lipinski definition) is 3. The lowest BCUT2D eigenvalue weighted by atomic mass is 9.83. The Morgan fingerprint density at radius 1 is 1.32 bits per heavy atom. The van der Waals surface area contributed by atoms with Crippen molar-refractivity contribution in [2.75, 3.05) is 13.2 Å². The molecule has 0 unspecified atom stereocenters. The van der Waals surface area contributed by atoms with Crippen molar-refractivity contribution in [3.63, 3.8) is 0 Å². The summed E-state index contributed by atoms with van der Waals surface area (Å²) in [7, 11) is 0. The van der Waals surface area contributed by atoms with E-state index in [1.807, 2.05) is 19.9 Å². The molecular formula is C15H20N2O2. The van der Waals surface area contributed by atoms with Gasteiger partial charge in [-0.2, -0.15) is 5.26 Å². The maximum Gasteiger partial charge on any atom is 0.251 e. The molecule has 0 saturated carbocycles. The summed E-state index contributed by atoms with van der Waals surface area (Å²) in [5.41, 5.74) is 0.809. The van der Waals surface area contributed by atoms with Gasteiger partial charge in [0, 0.05) is 17.5 Å². The highest BCUT2D eigenvalue weighted by Crippen LogP contribution is 2.24. The molecule has 0 heterocycles. The molecule has 0 fully saturated rings. The lowest BCUT2D eigenvalue weighted by molar-refractivity contribution is 0.0851. The number of nitrogens with one attached hydrogen (secondary N) is 1. The fraction of sp³-hybridized carbons (Fsp3) is 0.467. The normalized spacial score (nSPS) is 10.8. The van der Waals surface area contributed by atoms with E-state index in [1.54, 1.807) is 24.3 Å². The maximum atomic E-state index is 12.0. The topological polar surface area (TPSA) is 73.1 Å². The molecule has 0 spiro atoms. The van der Waals surface area contributed by atoms with Gasteiger partial charge in [-0.05, 0) is 37.1 Å². The predicted molar refractivity (Wildman–Crippen MR) is 73.6 cm³/mol. The summed E-state index contributed by atoms with van der Waals surface area (Å²) in [5.74, 6) is -0.177.